The smallest absolute Gasteiger partial charge is 0.248 e. The van der Waals surface area contributed by atoms with Crippen molar-refractivity contribution in [2.24, 2.45) is 0 Å². The molecule has 34 heavy (non-hydrogen) atoms. The minimum Gasteiger partial charge on any atom is -0.496 e. The minimum absolute atomic E-state index is 0.246. The van der Waals surface area contributed by atoms with Gasteiger partial charge in [0.15, 0.2) is 11.5 Å². The first-order valence-electron chi connectivity index (χ1n) is 11.1. The molecular formula is C28H25NO5. The highest BCUT2D eigenvalue weighted by Gasteiger charge is 2.19. The van der Waals surface area contributed by atoms with Crippen LogP contribution in [0.25, 0.3) is 27.7 Å². The molecule has 0 saturated carbocycles. The average molecular weight is 456 g/mol. The summed E-state index contributed by atoms with van der Waals surface area (Å²) in [5.74, 6) is 1.74. The van der Waals surface area contributed by atoms with Crippen molar-refractivity contribution in [1.29, 1.82) is 0 Å². The van der Waals surface area contributed by atoms with Gasteiger partial charge in [-0.15, -0.1) is 0 Å². The Balaban J connectivity index is 1.49. The molecule has 0 radical (unpaired) electrons. The number of carbonyl (C=O) groups excluding carboxylic acids is 1. The number of hydrogen-bond donors (Lipinski definition) is 1. The molecule has 0 bridgehead atoms. The maximum Gasteiger partial charge on any atom is 0.248 e. The van der Waals surface area contributed by atoms with Gasteiger partial charge < -0.3 is 23.9 Å². The van der Waals surface area contributed by atoms with Crippen LogP contribution in [0.1, 0.15) is 18.1 Å². The monoisotopic (exact) mass is 455 g/mol. The first kappa shape index (κ1) is 21.6. The second-order valence-electron chi connectivity index (χ2n) is 8.15. The summed E-state index contributed by atoms with van der Waals surface area (Å²) < 4.78 is 22.8. The van der Waals surface area contributed by atoms with Gasteiger partial charge in [0.25, 0.3) is 0 Å². The third-order valence-corrected chi connectivity index (χ3v) is 5.91. The molecule has 1 N–H and O–H groups in total. The molecule has 4 aromatic rings. The predicted octanol–water partition coefficient (Wildman–Crippen LogP) is 6.23. The Morgan fingerprint density at radius 2 is 1.79 bits per heavy atom. The number of allylic oxidation sites excluding steroid dienone is 1. The van der Waals surface area contributed by atoms with Crippen LogP contribution in [-0.2, 0) is 4.79 Å². The Kier molecular flexibility index (Phi) is 5.72. The van der Waals surface area contributed by atoms with E-state index in [1.807, 2.05) is 50.2 Å². The van der Waals surface area contributed by atoms with Gasteiger partial charge in [0.2, 0.25) is 5.91 Å². The lowest BCUT2D eigenvalue weighted by Gasteiger charge is -2.18. The molecule has 0 atom stereocenters. The zero-order chi connectivity index (χ0) is 23.7. The highest BCUT2D eigenvalue weighted by molar-refractivity contribution is 6.06. The molecule has 0 saturated heterocycles. The van der Waals surface area contributed by atoms with Gasteiger partial charge in [-0.05, 0) is 43.2 Å². The summed E-state index contributed by atoms with van der Waals surface area (Å²) >= 11 is 0. The molecule has 3 aromatic carbocycles. The zero-order valence-corrected chi connectivity index (χ0v) is 19.3. The summed E-state index contributed by atoms with van der Waals surface area (Å²) in [6.45, 7) is 4.87. The van der Waals surface area contributed by atoms with E-state index in [1.54, 1.807) is 37.6 Å². The van der Waals surface area contributed by atoms with Crippen LogP contribution in [0.5, 0.6) is 17.2 Å². The van der Waals surface area contributed by atoms with Crippen LogP contribution in [0.4, 0.5) is 5.69 Å². The van der Waals surface area contributed by atoms with Crippen LogP contribution >= 0.6 is 0 Å². The fraction of sp³-hybridized carbons (Fsp3) is 0.179. The lowest BCUT2D eigenvalue weighted by Crippen LogP contribution is -2.16. The van der Waals surface area contributed by atoms with E-state index in [2.05, 4.69) is 5.32 Å². The maximum absolute atomic E-state index is 12.8. The number of hydrogen-bond acceptors (Lipinski definition) is 5. The molecule has 0 unspecified atom stereocenters. The van der Waals surface area contributed by atoms with Gasteiger partial charge in [-0.1, -0.05) is 30.3 Å². The van der Waals surface area contributed by atoms with Gasteiger partial charge in [0.1, 0.15) is 24.5 Å². The third-order valence-electron chi connectivity index (χ3n) is 5.91. The fourth-order valence-electron chi connectivity index (χ4n) is 4.29. The molecule has 1 aliphatic heterocycles. The molecule has 1 aromatic heterocycles. The number of aryl methyl sites for hydroxylation is 1. The van der Waals surface area contributed by atoms with E-state index in [0.29, 0.717) is 36.1 Å². The Hall–Kier alpha value is -4.19. The van der Waals surface area contributed by atoms with Crippen LogP contribution in [0.15, 0.2) is 71.4 Å². The number of rotatable bonds is 5. The van der Waals surface area contributed by atoms with E-state index in [4.69, 9.17) is 18.6 Å². The van der Waals surface area contributed by atoms with E-state index < -0.39 is 0 Å². The first-order chi connectivity index (χ1) is 16.5. The van der Waals surface area contributed by atoms with E-state index >= 15 is 0 Å². The molecule has 1 aliphatic rings. The number of nitrogens with one attached hydrogen (secondary N) is 1. The number of methoxy groups -OCH3 is 1. The Morgan fingerprint density at radius 3 is 2.56 bits per heavy atom. The maximum atomic E-state index is 12.8. The number of benzene rings is 3. The molecule has 1 amide bonds. The van der Waals surface area contributed by atoms with E-state index in [1.165, 1.54) is 0 Å². The minimum atomic E-state index is -0.246. The predicted molar refractivity (Wildman–Crippen MR) is 133 cm³/mol. The van der Waals surface area contributed by atoms with Crippen LogP contribution < -0.4 is 19.5 Å². The summed E-state index contributed by atoms with van der Waals surface area (Å²) in [6, 6.07) is 17.5. The summed E-state index contributed by atoms with van der Waals surface area (Å²) in [5, 5.41) is 3.88. The lowest BCUT2D eigenvalue weighted by molar-refractivity contribution is -0.111. The summed E-state index contributed by atoms with van der Waals surface area (Å²) in [5.41, 5.74) is 5.97. The van der Waals surface area contributed by atoms with Crippen molar-refractivity contribution in [1.82, 2.24) is 0 Å². The normalized spacial score (nSPS) is 13.1. The molecule has 6 heteroatoms. The molecule has 5 rings (SSSR count). The van der Waals surface area contributed by atoms with Gasteiger partial charge in [0, 0.05) is 39.9 Å². The molecule has 0 fully saturated rings. The summed E-state index contributed by atoms with van der Waals surface area (Å²) in [6.07, 6.45) is 3.34. The topological polar surface area (TPSA) is 69.9 Å². The van der Waals surface area contributed by atoms with E-state index in [0.717, 1.165) is 38.8 Å². The first-order valence-corrected chi connectivity index (χ1v) is 11.1. The van der Waals surface area contributed by atoms with Gasteiger partial charge in [-0.2, -0.15) is 0 Å². The Morgan fingerprint density at radius 1 is 1.03 bits per heavy atom. The molecule has 6 nitrogen and oxygen atoms in total. The summed E-state index contributed by atoms with van der Waals surface area (Å²) in [7, 11) is 1.63. The van der Waals surface area contributed by atoms with Crippen LogP contribution in [0, 0.1) is 6.92 Å². The third kappa shape index (κ3) is 3.99. The number of amides is 1. The second kappa shape index (κ2) is 8.98. The number of anilines is 1. The van der Waals surface area contributed by atoms with Gasteiger partial charge in [0.05, 0.1) is 13.4 Å². The SMILES string of the molecule is COc1c(/C(C)=C/C(=O)Nc2ccc3c(c2)OCCO3)cc2c(-c3ccccc3)coc2c1C. The van der Waals surface area contributed by atoms with Crippen molar-refractivity contribution < 1.29 is 23.4 Å². The number of furan rings is 1. The van der Waals surface area contributed by atoms with Crippen molar-refractivity contribution >= 4 is 28.1 Å². The van der Waals surface area contributed by atoms with Gasteiger partial charge in [-0.3, -0.25) is 4.79 Å². The van der Waals surface area contributed by atoms with Crippen molar-refractivity contribution in [3.63, 3.8) is 0 Å². The largest absolute Gasteiger partial charge is 0.496 e. The highest BCUT2D eigenvalue weighted by atomic mass is 16.6. The molecule has 172 valence electrons. The highest BCUT2D eigenvalue weighted by Crippen LogP contribution is 2.40. The standard InChI is InChI=1S/C28H25NO5/c1-17(13-26(30)29-20-9-10-24-25(14-20)33-12-11-32-24)21-15-22-23(19-7-5-4-6-8-19)16-34-28(22)18(2)27(21)31-3/h4-10,13-16H,11-12H2,1-3H3,(H,29,30)/b17-13+. The molecule has 2 heterocycles. The molecule has 0 aliphatic carbocycles. The average Bonchev–Trinajstić information content (AvgIpc) is 3.29. The second-order valence-corrected chi connectivity index (χ2v) is 8.15. The Bertz CT molecular complexity index is 1400. The lowest BCUT2D eigenvalue weighted by atomic mass is 9.96. The van der Waals surface area contributed by atoms with Crippen LogP contribution in [0.2, 0.25) is 0 Å². The van der Waals surface area contributed by atoms with Gasteiger partial charge in [-0.25, -0.2) is 0 Å². The van der Waals surface area contributed by atoms with Crippen molar-refractivity contribution in [3.8, 4) is 28.4 Å². The number of carbonyl (C=O) groups is 1. The zero-order valence-electron chi connectivity index (χ0n) is 19.3. The van der Waals surface area contributed by atoms with Crippen LogP contribution in [-0.4, -0.2) is 26.2 Å². The van der Waals surface area contributed by atoms with Crippen molar-refractivity contribution in [3.05, 3.63) is 78.1 Å². The summed E-state index contributed by atoms with van der Waals surface area (Å²) in [4.78, 5) is 12.8. The van der Waals surface area contributed by atoms with Crippen molar-refractivity contribution in [2.45, 2.75) is 13.8 Å². The Labute approximate surface area is 197 Å². The number of ether oxygens (including phenoxy) is 3. The van der Waals surface area contributed by atoms with E-state index in [-0.39, 0.29) is 5.91 Å². The van der Waals surface area contributed by atoms with Crippen molar-refractivity contribution in [2.75, 3.05) is 25.6 Å². The van der Waals surface area contributed by atoms with E-state index in [9.17, 15) is 4.79 Å². The van der Waals surface area contributed by atoms with Gasteiger partial charge >= 0.3 is 0 Å². The molecule has 0 spiro atoms. The number of fused-ring (bicyclic) bond motifs is 2. The van der Waals surface area contributed by atoms with Crippen LogP contribution in [0.3, 0.4) is 0 Å². The molecular weight excluding hydrogens is 430 g/mol. The quantitative estimate of drug-likeness (QED) is 0.361. The fourth-order valence-corrected chi connectivity index (χ4v) is 4.29.